The summed E-state index contributed by atoms with van der Waals surface area (Å²) in [5.74, 6) is -1.33. The summed E-state index contributed by atoms with van der Waals surface area (Å²) in [5.41, 5.74) is 4.32. The maximum absolute atomic E-state index is 13.1. The van der Waals surface area contributed by atoms with Crippen LogP contribution in [0.3, 0.4) is 0 Å². The minimum atomic E-state index is -4.78. The first-order chi connectivity index (χ1) is 8.39. The van der Waals surface area contributed by atoms with Crippen LogP contribution in [0.4, 0.5) is 17.6 Å². The highest BCUT2D eigenvalue weighted by molar-refractivity contribution is 5.31. The van der Waals surface area contributed by atoms with Crippen LogP contribution in [-0.4, -0.2) is 10.1 Å². The van der Waals surface area contributed by atoms with Gasteiger partial charge in [-0.05, 0) is 17.7 Å². The van der Waals surface area contributed by atoms with E-state index < -0.39 is 23.6 Å². The first-order valence-electron chi connectivity index (χ1n) is 4.78. The Balaban J connectivity index is 2.42. The molecule has 0 aliphatic rings. The fourth-order valence-corrected chi connectivity index (χ4v) is 1.42. The van der Waals surface area contributed by atoms with E-state index in [1.807, 2.05) is 0 Å². The second-order valence-corrected chi connectivity index (χ2v) is 3.50. The third kappa shape index (κ3) is 2.33. The third-order valence-corrected chi connectivity index (χ3v) is 2.31. The molecule has 1 atom stereocenters. The molecule has 0 spiro atoms. The topological polar surface area (TPSA) is 64.9 Å². The number of benzene rings is 1. The largest absolute Gasteiger partial charge is 0.419 e. The van der Waals surface area contributed by atoms with Crippen molar-refractivity contribution in [1.29, 1.82) is 0 Å². The highest BCUT2D eigenvalue weighted by Gasteiger charge is 2.34. The average Bonchev–Trinajstić information content (AvgIpc) is 2.80. The van der Waals surface area contributed by atoms with E-state index in [2.05, 4.69) is 14.7 Å². The molecule has 1 unspecified atom stereocenters. The number of nitrogens with two attached hydrogens (primary N) is 1. The summed E-state index contributed by atoms with van der Waals surface area (Å²) in [5, 5.41) is 3.42. The Morgan fingerprint density at radius 1 is 1.28 bits per heavy atom. The predicted octanol–water partition coefficient (Wildman–Crippen LogP) is 2.28. The zero-order chi connectivity index (χ0) is 13.3. The molecule has 0 fully saturated rings. The number of alkyl halides is 3. The van der Waals surface area contributed by atoms with Gasteiger partial charge in [-0.25, -0.2) is 4.39 Å². The Hall–Kier alpha value is -1.96. The van der Waals surface area contributed by atoms with Gasteiger partial charge in [0, 0.05) is 0 Å². The van der Waals surface area contributed by atoms with Crippen molar-refractivity contribution in [2.75, 3.05) is 0 Å². The molecule has 1 aromatic heterocycles. The molecule has 1 heterocycles. The molecule has 0 saturated carbocycles. The van der Waals surface area contributed by atoms with Crippen molar-refractivity contribution in [3.05, 3.63) is 47.4 Å². The molecule has 2 N–H and O–H groups in total. The monoisotopic (exact) mass is 261 g/mol. The van der Waals surface area contributed by atoms with Gasteiger partial charge >= 0.3 is 6.18 Å². The van der Waals surface area contributed by atoms with Crippen molar-refractivity contribution >= 4 is 0 Å². The van der Waals surface area contributed by atoms with Crippen LogP contribution in [0.1, 0.15) is 23.0 Å². The lowest BCUT2D eigenvalue weighted by molar-refractivity contribution is -0.140. The van der Waals surface area contributed by atoms with E-state index in [0.29, 0.717) is 12.1 Å². The van der Waals surface area contributed by atoms with Crippen LogP contribution in [0.25, 0.3) is 0 Å². The van der Waals surface area contributed by atoms with Crippen LogP contribution in [0.15, 0.2) is 29.1 Å². The fraction of sp³-hybridized carbons (Fsp3) is 0.200. The lowest BCUT2D eigenvalue weighted by atomic mass is 10.0. The molecule has 0 aliphatic heterocycles. The summed E-state index contributed by atoms with van der Waals surface area (Å²) in [6, 6.07) is 1.48. The maximum atomic E-state index is 13.1. The number of aromatic nitrogens is 2. The molecular weight excluding hydrogens is 254 g/mol. The summed E-state index contributed by atoms with van der Waals surface area (Å²) in [4.78, 5) is 3.63. The Morgan fingerprint density at radius 2 is 2.00 bits per heavy atom. The zero-order valence-corrected chi connectivity index (χ0v) is 8.78. The van der Waals surface area contributed by atoms with Gasteiger partial charge in [0.05, 0.1) is 11.6 Å². The van der Waals surface area contributed by atoms with E-state index in [4.69, 9.17) is 5.73 Å². The van der Waals surface area contributed by atoms with Gasteiger partial charge in [0.25, 0.3) is 0 Å². The Labute approximate surface area is 98.4 Å². The number of halogens is 4. The molecule has 2 rings (SSSR count). The van der Waals surface area contributed by atoms with E-state index in [1.54, 1.807) is 0 Å². The van der Waals surface area contributed by atoms with Crippen molar-refractivity contribution in [3.8, 4) is 0 Å². The van der Waals surface area contributed by atoms with Gasteiger partial charge in [-0.1, -0.05) is 11.2 Å². The number of hydrogen-bond donors (Lipinski definition) is 1. The van der Waals surface area contributed by atoms with Crippen LogP contribution in [0.5, 0.6) is 0 Å². The van der Waals surface area contributed by atoms with Gasteiger partial charge in [0.15, 0.2) is 5.82 Å². The van der Waals surface area contributed by atoms with Crippen molar-refractivity contribution < 1.29 is 22.1 Å². The molecule has 96 valence electrons. The second-order valence-electron chi connectivity index (χ2n) is 3.50. The lowest BCUT2D eigenvalue weighted by Crippen LogP contribution is -2.16. The van der Waals surface area contributed by atoms with Crippen LogP contribution in [-0.2, 0) is 6.18 Å². The Bertz CT molecular complexity index is 539. The van der Waals surface area contributed by atoms with Gasteiger partial charge < -0.3 is 10.3 Å². The summed E-state index contributed by atoms with van der Waals surface area (Å²) in [7, 11) is 0. The second kappa shape index (κ2) is 4.37. The Kier molecular flexibility index (Phi) is 3.04. The highest BCUT2D eigenvalue weighted by Crippen LogP contribution is 2.33. The van der Waals surface area contributed by atoms with Crippen LogP contribution < -0.4 is 5.73 Å². The van der Waals surface area contributed by atoms with Crippen LogP contribution in [0, 0.1) is 5.82 Å². The van der Waals surface area contributed by atoms with Crippen molar-refractivity contribution in [2.24, 2.45) is 5.73 Å². The van der Waals surface area contributed by atoms with Gasteiger partial charge in [0.1, 0.15) is 5.82 Å². The fourth-order valence-electron chi connectivity index (χ4n) is 1.42. The third-order valence-electron chi connectivity index (χ3n) is 2.31. The van der Waals surface area contributed by atoms with Crippen molar-refractivity contribution in [1.82, 2.24) is 10.1 Å². The molecule has 2 aromatic rings. The van der Waals surface area contributed by atoms with Gasteiger partial charge in [-0.15, -0.1) is 0 Å². The standard InChI is InChI=1S/C10H7F4N3O/c11-7-2-1-5(3-6(7)10(12,13)14)8(15)9-16-4-18-17-9/h1-4,8H,15H2. The van der Waals surface area contributed by atoms with Gasteiger partial charge in [-0.3, -0.25) is 0 Å². The molecule has 1 aromatic carbocycles. The van der Waals surface area contributed by atoms with E-state index in [0.717, 1.165) is 12.5 Å². The first kappa shape index (κ1) is 12.5. The van der Waals surface area contributed by atoms with Crippen LogP contribution >= 0.6 is 0 Å². The molecule has 4 nitrogen and oxygen atoms in total. The predicted molar refractivity (Wildman–Crippen MR) is 51.7 cm³/mol. The molecule has 8 heteroatoms. The molecule has 0 aliphatic carbocycles. The molecule has 0 bridgehead atoms. The SMILES string of the molecule is NC(c1ccc(F)c(C(F)(F)F)c1)c1ncon1. The van der Waals surface area contributed by atoms with Gasteiger partial charge in [-0.2, -0.15) is 18.2 Å². The quantitative estimate of drug-likeness (QED) is 0.842. The van der Waals surface area contributed by atoms with Crippen molar-refractivity contribution in [2.45, 2.75) is 12.2 Å². The van der Waals surface area contributed by atoms with Gasteiger partial charge in [0.2, 0.25) is 6.39 Å². The van der Waals surface area contributed by atoms with E-state index >= 15 is 0 Å². The molecule has 18 heavy (non-hydrogen) atoms. The highest BCUT2D eigenvalue weighted by atomic mass is 19.4. The molecule has 0 amide bonds. The average molecular weight is 261 g/mol. The number of rotatable bonds is 2. The first-order valence-corrected chi connectivity index (χ1v) is 4.78. The molecular formula is C10H7F4N3O. The minimum Gasteiger partial charge on any atom is -0.343 e. The minimum absolute atomic E-state index is 0.0229. The maximum Gasteiger partial charge on any atom is 0.419 e. The summed E-state index contributed by atoms with van der Waals surface area (Å²) in [6.07, 6.45) is -3.78. The lowest BCUT2D eigenvalue weighted by Gasteiger charge is -2.12. The molecule has 0 saturated heterocycles. The van der Waals surface area contributed by atoms with Crippen LogP contribution in [0.2, 0.25) is 0 Å². The Morgan fingerprint density at radius 3 is 2.56 bits per heavy atom. The number of hydrogen-bond acceptors (Lipinski definition) is 4. The smallest absolute Gasteiger partial charge is 0.343 e. The summed E-state index contributed by atoms with van der Waals surface area (Å²) < 4.78 is 55.0. The van der Waals surface area contributed by atoms with E-state index in [1.165, 1.54) is 0 Å². The number of nitrogens with zero attached hydrogens (tertiary/aromatic N) is 2. The van der Waals surface area contributed by atoms with E-state index in [9.17, 15) is 17.6 Å². The van der Waals surface area contributed by atoms with Crippen molar-refractivity contribution in [3.63, 3.8) is 0 Å². The molecule has 0 radical (unpaired) electrons. The summed E-state index contributed by atoms with van der Waals surface area (Å²) in [6.45, 7) is 0. The van der Waals surface area contributed by atoms with E-state index in [-0.39, 0.29) is 11.4 Å². The normalized spacial score (nSPS) is 13.6. The zero-order valence-electron chi connectivity index (χ0n) is 8.78. The summed E-state index contributed by atoms with van der Waals surface area (Å²) >= 11 is 0.